The van der Waals surface area contributed by atoms with Crippen LogP contribution >= 0.6 is 0 Å². The van der Waals surface area contributed by atoms with Crippen LogP contribution in [0.1, 0.15) is 17.4 Å². The van der Waals surface area contributed by atoms with Crippen molar-refractivity contribution in [1.82, 2.24) is 10.3 Å². The lowest BCUT2D eigenvalue weighted by atomic mass is 10.1. The number of nitrogens with one attached hydrogen (secondary N) is 1. The molecule has 1 amide bonds. The molecule has 7 heteroatoms. The number of esters is 1. The van der Waals surface area contributed by atoms with Gasteiger partial charge in [-0.25, -0.2) is 14.2 Å². The molecule has 1 unspecified atom stereocenters. The molecule has 0 aliphatic heterocycles. The summed E-state index contributed by atoms with van der Waals surface area (Å²) in [5.41, 5.74) is 1.56. The summed E-state index contributed by atoms with van der Waals surface area (Å²) < 4.78 is 23.2. The minimum atomic E-state index is -0.777. The van der Waals surface area contributed by atoms with Gasteiger partial charge < -0.3 is 14.8 Å². The molecular weight excluding hydrogens is 375 g/mol. The summed E-state index contributed by atoms with van der Waals surface area (Å²) >= 11 is 0. The fourth-order valence-corrected chi connectivity index (χ4v) is 2.56. The largest absolute Gasteiger partial charge is 0.467 e. The van der Waals surface area contributed by atoms with E-state index < -0.39 is 17.9 Å². The summed E-state index contributed by atoms with van der Waals surface area (Å²) in [5, 5.41) is 2.54. The van der Waals surface area contributed by atoms with Crippen LogP contribution in [-0.4, -0.2) is 30.0 Å². The van der Waals surface area contributed by atoms with E-state index in [-0.39, 0.29) is 11.5 Å². The summed E-state index contributed by atoms with van der Waals surface area (Å²) in [5.74, 6) is -0.229. The third-order valence-electron chi connectivity index (χ3n) is 4.08. The van der Waals surface area contributed by atoms with Crippen LogP contribution in [0.3, 0.4) is 0 Å². The predicted molar refractivity (Wildman–Crippen MR) is 105 cm³/mol. The lowest BCUT2D eigenvalue weighted by Crippen LogP contribution is -2.39. The molecule has 29 heavy (non-hydrogen) atoms. The molecule has 1 heterocycles. The molecule has 0 aliphatic rings. The summed E-state index contributed by atoms with van der Waals surface area (Å²) in [7, 11) is 1.26. The average molecular weight is 394 g/mol. The Labute approximate surface area is 167 Å². The topological polar surface area (TPSA) is 77.5 Å². The standard InChI is InChI=1S/C22H19FN2O4/c1-14(22(27)28-2)24-21(26)20-5-3-4-19(25-20)15-6-10-17(11-7-15)29-18-12-8-16(23)9-13-18/h3-14H,1-2H3,(H,24,26). The first kappa shape index (κ1) is 20.0. The average Bonchev–Trinajstić information content (AvgIpc) is 2.75. The summed E-state index contributed by atoms with van der Waals surface area (Å²) in [6.07, 6.45) is 0. The number of aromatic nitrogens is 1. The molecule has 3 aromatic rings. The van der Waals surface area contributed by atoms with Gasteiger partial charge in [0.2, 0.25) is 0 Å². The second-order valence-corrected chi connectivity index (χ2v) is 6.21. The Morgan fingerprint density at radius 2 is 1.59 bits per heavy atom. The molecule has 3 rings (SSSR count). The highest BCUT2D eigenvalue weighted by molar-refractivity contribution is 5.95. The van der Waals surface area contributed by atoms with Gasteiger partial charge >= 0.3 is 5.97 Å². The van der Waals surface area contributed by atoms with Crippen molar-refractivity contribution in [2.45, 2.75) is 13.0 Å². The lowest BCUT2D eigenvalue weighted by Gasteiger charge is -2.11. The van der Waals surface area contributed by atoms with Gasteiger partial charge in [0.15, 0.2) is 0 Å². The van der Waals surface area contributed by atoms with E-state index in [0.29, 0.717) is 17.2 Å². The molecule has 0 bridgehead atoms. The van der Waals surface area contributed by atoms with Crippen molar-refractivity contribution in [3.8, 4) is 22.8 Å². The minimum absolute atomic E-state index is 0.185. The fraction of sp³-hybridized carbons (Fsp3) is 0.136. The number of pyridine rings is 1. The Morgan fingerprint density at radius 1 is 0.966 bits per heavy atom. The zero-order valence-corrected chi connectivity index (χ0v) is 15.9. The third kappa shape index (κ3) is 5.16. The Kier molecular flexibility index (Phi) is 6.19. The number of carbonyl (C=O) groups excluding carboxylic acids is 2. The first-order valence-corrected chi connectivity index (χ1v) is 8.86. The van der Waals surface area contributed by atoms with E-state index in [0.717, 1.165) is 5.56 Å². The minimum Gasteiger partial charge on any atom is -0.467 e. The van der Waals surface area contributed by atoms with E-state index in [1.807, 2.05) is 0 Å². The fourth-order valence-electron chi connectivity index (χ4n) is 2.56. The zero-order chi connectivity index (χ0) is 20.8. The van der Waals surface area contributed by atoms with Gasteiger partial charge in [0.1, 0.15) is 29.1 Å². The molecule has 0 fully saturated rings. The molecule has 0 aliphatic carbocycles. The molecule has 6 nitrogen and oxygen atoms in total. The van der Waals surface area contributed by atoms with Crippen LogP contribution in [0.15, 0.2) is 66.7 Å². The van der Waals surface area contributed by atoms with Crippen LogP contribution in [0.5, 0.6) is 11.5 Å². The van der Waals surface area contributed by atoms with Gasteiger partial charge in [0, 0.05) is 5.56 Å². The van der Waals surface area contributed by atoms with E-state index in [1.54, 1.807) is 54.6 Å². The van der Waals surface area contributed by atoms with Gasteiger partial charge in [-0.05, 0) is 67.6 Å². The predicted octanol–water partition coefficient (Wildman–Crippen LogP) is 3.97. The lowest BCUT2D eigenvalue weighted by molar-refractivity contribution is -0.142. The maximum absolute atomic E-state index is 13.0. The maximum atomic E-state index is 13.0. The maximum Gasteiger partial charge on any atom is 0.328 e. The van der Waals surface area contributed by atoms with Crippen molar-refractivity contribution in [1.29, 1.82) is 0 Å². The van der Waals surface area contributed by atoms with Gasteiger partial charge in [-0.1, -0.05) is 6.07 Å². The number of halogens is 1. The van der Waals surface area contributed by atoms with Crippen molar-refractivity contribution in [3.05, 3.63) is 78.2 Å². The summed E-state index contributed by atoms with van der Waals surface area (Å²) in [4.78, 5) is 28.1. The van der Waals surface area contributed by atoms with Crippen LogP contribution in [0.25, 0.3) is 11.3 Å². The number of hydrogen-bond acceptors (Lipinski definition) is 5. The smallest absolute Gasteiger partial charge is 0.328 e. The van der Waals surface area contributed by atoms with Crippen molar-refractivity contribution < 1.29 is 23.5 Å². The number of ether oxygens (including phenoxy) is 2. The Morgan fingerprint density at radius 3 is 2.21 bits per heavy atom. The number of hydrogen-bond donors (Lipinski definition) is 1. The molecule has 0 spiro atoms. The molecule has 1 aromatic heterocycles. The highest BCUT2D eigenvalue weighted by atomic mass is 19.1. The highest BCUT2D eigenvalue weighted by Gasteiger charge is 2.18. The third-order valence-corrected chi connectivity index (χ3v) is 4.08. The van der Waals surface area contributed by atoms with Crippen molar-refractivity contribution in [2.24, 2.45) is 0 Å². The molecule has 0 saturated carbocycles. The van der Waals surface area contributed by atoms with Gasteiger partial charge in [0.25, 0.3) is 5.91 Å². The van der Waals surface area contributed by atoms with Gasteiger partial charge in [-0.15, -0.1) is 0 Å². The van der Waals surface area contributed by atoms with Crippen LogP contribution in [0.4, 0.5) is 4.39 Å². The van der Waals surface area contributed by atoms with Crippen LogP contribution < -0.4 is 10.1 Å². The number of benzene rings is 2. The summed E-state index contributed by atoms with van der Waals surface area (Å²) in [6.45, 7) is 1.54. The number of methoxy groups -OCH3 is 1. The van der Waals surface area contributed by atoms with E-state index in [9.17, 15) is 14.0 Å². The van der Waals surface area contributed by atoms with Crippen molar-refractivity contribution >= 4 is 11.9 Å². The van der Waals surface area contributed by atoms with Crippen molar-refractivity contribution in [2.75, 3.05) is 7.11 Å². The van der Waals surface area contributed by atoms with Crippen LogP contribution in [0.2, 0.25) is 0 Å². The monoisotopic (exact) mass is 394 g/mol. The van der Waals surface area contributed by atoms with E-state index >= 15 is 0 Å². The van der Waals surface area contributed by atoms with Crippen LogP contribution in [0, 0.1) is 5.82 Å². The second-order valence-electron chi connectivity index (χ2n) is 6.21. The van der Waals surface area contributed by atoms with Gasteiger partial charge in [0.05, 0.1) is 12.8 Å². The number of rotatable bonds is 6. The van der Waals surface area contributed by atoms with Crippen molar-refractivity contribution in [3.63, 3.8) is 0 Å². The normalized spacial score (nSPS) is 11.4. The SMILES string of the molecule is COC(=O)C(C)NC(=O)c1cccc(-c2ccc(Oc3ccc(F)cc3)cc2)n1. The number of carbonyl (C=O) groups is 2. The number of amides is 1. The Hall–Kier alpha value is -3.74. The van der Waals surface area contributed by atoms with Gasteiger partial charge in [-0.2, -0.15) is 0 Å². The highest BCUT2D eigenvalue weighted by Crippen LogP contribution is 2.25. The molecule has 0 radical (unpaired) electrons. The first-order valence-electron chi connectivity index (χ1n) is 8.86. The molecule has 1 atom stereocenters. The van der Waals surface area contributed by atoms with Crippen LogP contribution in [-0.2, 0) is 9.53 Å². The Bertz CT molecular complexity index is 1000. The zero-order valence-electron chi connectivity index (χ0n) is 15.9. The molecular formula is C22H19FN2O4. The quantitative estimate of drug-likeness (QED) is 0.640. The second kappa shape index (κ2) is 8.97. The van der Waals surface area contributed by atoms with E-state index in [2.05, 4.69) is 15.0 Å². The molecule has 2 aromatic carbocycles. The molecule has 148 valence electrons. The molecule has 0 saturated heterocycles. The summed E-state index contributed by atoms with van der Waals surface area (Å²) in [6, 6.07) is 17.1. The first-order chi connectivity index (χ1) is 14.0. The molecule has 1 N–H and O–H groups in total. The Balaban J connectivity index is 1.72. The van der Waals surface area contributed by atoms with Gasteiger partial charge in [-0.3, -0.25) is 4.79 Å². The number of nitrogens with zero attached hydrogens (tertiary/aromatic N) is 1. The van der Waals surface area contributed by atoms with E-state index in [1.165, 1.54) is 26.2 Å². The van der Waals surface area contributed by atoms with E-state index in [4.69, 9.17) is 4.74 Å².